The van der Waals surface area contributed by atoms with E-state index in [4.69, 9.17) is 0 Å². The van der Waals surface area contributed by atoms with Crippen molar-refractivity contribution in [2.24, 2.45) is 5.92 Å². The Labute approximate surface area is 210 Å². The topological polar surface area (TPSA) is 138 Å². The van der Waals surface area contributed by atoms with Gasteiger partial charge in [-0.1, -0.05) is 20.3 Å². The fourth-order valence-electron chi connectivity index (χ4n) is 3.38. The average molecular weight is 504 g/mol. The number of aromatic nitrogens is 1. The molecule has 0 unspecified atom stereocenters. The number of thiol groups is 1. The second kappa shape index (κ2) is 13.6. The Morgan fingerprint density at radius 3 is 2.23 bits per heavy atom. The lowest BCUT2D eigenvalue weighted by Gasteiger charge is -2.24. The quantitative estimate of drug-likeness (QED) is 0.183. The van der Waals surface area contributed by atoms with Gasteiger partial charge in [0.15, 0.2) is 0 Å². The monoisotopic (exact) mass is 503 g/mol. The molecule has 0 saturated carbocycles. The molecule has 5 amide bonds. The second-order valence-electron chi connectivity index (χ2n) is 8.68. The summed E-state index contributed by atoms with van der Waals surface area (Å²) in [5.41, 5.74) is 1.28. The Morgan fingerprint density at radius 2 is 1.66 bits per heavy atom. The molecule has 1 aromatic heterocycles. The normalized spacial score (nSPS) is 14.7. The van der Waals surface area contributed by atoms with Crippen LogP contribution in [0.3, 0.4) is 0 Å². The van der Waals surface area contributed by atoms with Crippen molar-refractivity contribution in [3.8, 4) is 0 Å². The molecular weight excluding hydrogens is 470 g/mol. The molecule has 0 aromatic carbocycles. The van der Waals surface area contributed by atoms with Crippen molar-refractivity contribution in [2.45, 2.75) is 64.3 Å². The summed E-state index contributed by atoms with van der Waals surface area (Å²) < 4.78 is 0. The summed E-state index contributed by atoms with van der Waals surface area (Å²) in [5, 5.41) is 8.09. The first-order chi connectivity index (χ1) is 16.6. The smallest absolute Gasteiger partial charge is 0.253 e. The van der Waals surface area contributed by atoms with Crippen molar-refractivity contribution < 1.29 is 24.0 Å². The lowest BCUT2D eigenvalue weighted by molar-refractivity contribution is -0.137. The minimum Gasteiger partial charge on any atom is -0.344 e. The highest BCUT2D eigenvalue weighted by atomic mass is 32.1. The van der Waals surface area contributed by atoms with Crippen molar-refractivity contribution in [3.63, 3.8) is 0 Å². The Balaban J connectivity index is 1.75. The highest BCUT2D eigenvalue weighted by Crippen LogP contribution is 2.10. The third-order valence-electron chi connectivity index (χ3n) is 5.46. The van der Waals surface area contributed by atoms with Crippen LogP contribution in [0, 0.1) is 5.92 Å². The van der Waals surface area contributed by atoms with Gasteiger partial charge in [0, 0.05) is 30.9 Å². The molecule has 0 bridgehead atoms. The van der Waals surface area contributed by atoms with Gasteiger partial charge in [0.2, 0.25) is 17.7 Å². The van der Waals surface area contributed by atoms with E-state index in [-0.39, 0.29) is 30.1 Å². The van der Waals surface area contributed by atoms with E-state index in [2.05, 4.69) is 33.6 Å². The van der Waals surface area contributed by atoms with Crippen LogP contribution in [0.2, 0.25) is 0 Å². The van der Waals surface area contributed by atoms with E-state index in [1.54, 1.807) is 19.1 Å². The van der Waals surface area contributed by atoms with Crippen LogP contribution in [0.15, 0.2) is 30.5 Å². The molecule has 0 spiro atoms. The van der Waals surface area contributed by atoms with Crippen molar-refractivity contribution in [2.75, 3.05) is 11.9 Å². The van der Waals surface area contributed by atoms with E-state index in [9.17, 15) is 24.0 Å². The standard InChI is InChI=1S/C24H33N5O5S/c1-15(2)22(28-19(30)7-5-4-6-12-29-20(31)10-11-21(29)32)24(34)26-16(3)23(33)27-17-8-9-18(14-35)25-13-17/h8-11,13,15-16,22,35H,4-7,12,14H2,1-3H3,(H,26,34)(H,27,33)(H,28,30)/t16-,22-/m0/s1. The number of amides is 5. The fourth-order valence-corrected chi connectivity index (χ4v) is 3.56. The highest BCUT2D eigenvalue weighted by molar-refractivity contribution is 7.79. The Bertz CT molecular complexity index is 946. The first-order valence-corrected chi connectivity index (χ1v) is 12.3. The maximum atomic E-state index is 12.8. The number of nitrogens with one attached hydrogen (secondary N) is 3. The molecule has 0 radical (unpaired) electrons. The molecule has 1 aromatic rings. The van der Waals surface area contributed by atoms with Crippen LogP contribution < -0.4 is 16.0 Å². The van der Waals surface area contributed by atoms with Gasteiger partial charge in [-0.15, -0.1) is 0 Å². The molecule has 11 heteroatoms. The SMILES string of the molecule is CC(C)[C@H](NC(=O)CCCCCN1C(=O)C=CC1=O)C(=O)N[C@@H](C)C(=O)Nc1ccc(CS)nc1. The van der Waals surface area contributed by atoms with Crippen LogP contribution in [-0.4, -0.2) is 58.0 Å². The number of unbranched alkanes of at least 4 members (excludes halogenated alkanes) is 2. The van der Waals surface area contributed by atoms with Crippen LogP contribution in [0.4, 0.5) is 5.69 Å². The maximum Gasteiger partial charge on any atom is 0.253 e. The molecule has 0 aliphatic carbocycles. The number of pyridine rings is 1. The molecule has 0 fully saturated rings. The lowest BCUT2D eigenvalue weighted by Crippen LogP contribution is -2.53. The van der Waals surface area contributed by atoms with Crippen molar-refractivity contribution in [1.82, 2.24) is 20.5 Å². The maximum absolute atomic E-state index is 12.8. The summed E-state index contributed by atoms with van der Waals surface area (Å²) in [7, 11) is 0. The van der Waals surface area contributed by atoms with Crippen LogP contribution in [0.5, 0.6) is 0 Å². The van der Waals surface area contributed by atoms with Gasteiger partial charge in [0.05, 0.1) is 17.6 Å². The number of imide groups is 1. The van der Waals surface area contributed by atoms with Crippen molar-refractivity contribution in [3.05, 3.63) is 36.2 Å². The van der Waals surface area contributed by atoms with Crippen LogP contribution in [-0.2, 0) is 29.7 Å². The molecule has 0 saturated heterocycles. The van der Waals surface area contributed by atoms with E-state index in [1.165, 1.54) is 23.2 Å². The first kappa shape index (κ1) is 28.0. The van der Waals surface area contributed by atoms with Gasteiger partial charge < -0.3 is 16.0 Å². The molecule has 2 heterocycles. The molecule has 35 heavy (non-hydrogen) atoms. The van der Waals surface area contributed by atoms with Gasteiger partial charge in [-0.25, -0.2) is 0 Å². The van der Waals surface area contributed by atoms with Gasteiger partial charge in [-0.05, 0) is 37.8 Å². The summed E-state index contributed by atoms with van der Waals surface area (Å²) in [6.07, 6.45) is 6.03. The minimum atomic E-state index is -0.823. The number of anilines is 1. The number of carbonyl (C=O) groups is 5. The van der Waals surface area contributed by atoms with Gasteiger partial charge in [-0.3, -0.25) is 33.9 Å². The molecule has 10 nitrogen and oxygen atoms in total. The number of hydrogen-bond donors (Lipinski definition) is 4. The van der Waals surface area contributed by atoms with E-state index < -0.39 is 23.9 Å². The number of carbonyl (C=O) groups excluding carboxylic acids is 5. The summed E-state index contributed by atoms with van der Waals surface area (Å²) in [6.45, 7) is 5.50. The zero-order chi connectivity index (χ0) is 26.0. The summed E-state index contributed by atoms with van der Waals surface area (Å²) >= 11 is 4.14. The van der Waals surface area contributed by atoms with Gasteiger partial charge in [0.25, 0.3) is 11.8 Å². The first-order valence-electron chi connectivity index (χ1n) is 11.6. The van der Waals surface area contributed by atoms with Crippen LogP contribution in [0.1, 0.15) is 52.1 Å². The van der Waals surface area contributed by atoms with E-state index >= 15 is 0 Å². The largest absolute Gasteiger partial charge is 0.344 e. The average Bonchev–Trinajstić information content (AvgIpc) is 3.14. The predicted octanol–water partition coefficient (Wildman–Crippen LogP) is 1.58. The van der Waals surface area contributed by atoms with Crippen LogP contribution >= 0.6 is 12.6 Å². The summed E-state index contributed by atoms with van der Waals surface area (Å²) in [5.74, 6) is -1.46. The Kier molecular flexibility index (Phi) is 10.9. The highest BCUT2D eigenvalue weighted by Gasteiger charge is 2.27. The van der Waals surface area contributed by atoms with Crippen molar-refractivity contribution >= 4 is 47.9 Å². The molecule has 1 aliphatic rings. The number of hydrogen-bond acceptors (Lipinski definition) is 7. The van der Waals surface area contributed by atoms with E-state index in [0.717, 1.165) is 5.69 Å². The molecule has 2 rings (SSSR count). The summed E-state index contributed by atoms with van der Waals surface area (Å²) in [6, 6.07) is 1.84. The fraction of sp³-hybridized carbons (Fsp3) is 0.500. The zero-order valence-electron chi connectivity index (χ0n) is 20.2. The molecule has 2 atom stereocenters. The predicted molar refractivity (Wildman–Crippen MR) is 134 cm³/mol. The van der Waals surface area contributed by atoms with Crippen LogP contribution in [0.25, 0.3) is 0 Å². The number of nitrogens with zero attached hydrogens (tertiary/aromatic N) is 2. The molecule has 1 aliphatic heterocycles. The van der Waals surface area contributed by atoms with Gasteiger partial charge in [-0.2, -0.15) is 12.6 Å². The lowest BCUT2D eigenvalue weighted by atomic mass is 10.0. The molecule has 3 N–H and O–H groups in total. The van der Waals surface area contributed by atoms with E-state index in [1.807, 2.05) is 13.8 Å². The van der Waals surface area contributed by atoms with Crippen molar-refractivity contribution in [1.29, 1.82) is 0 Å². The third kappa shape index (κ3) is 8.82. The molecular formula is C24H33N5O5S. The van der Waals surface area contributed by atoms with Gasteiger partial charge in [0.1, 0.15) is 12.1 Å². The third-order valence-corrected chi connectivity index (χ3v) is 5.78. The minimum absolute atomic E-state index is 0.188. The van der Waals surface area contributed by atoms with Gasteiger partial charge >= 0.3 is 0 Å². The Hall–Kier alpha value is -3.21. The summed E-state index contributed by atoms with van der Waals surface area (Å²) in [4.78, 5) is 66.0. The molecule has 190 valence electrons. The zero-order valence-corrected chi connectivity index (χ0v) is 21.1. The van der Waals surface area contributed by atoms with E-state index in [0.29, 0.717) is 37.2 Å². The number of rotatable bonds is 13. The second-order valence-corrected chi connectivity index (χ2v) is 8.99. The Morgan fingerprint density at radius 1 is 0.971 bits per heavy atom.